The van der Waals surface area contributed by atoms with Crippen LogP contribution in [-0.2, 0) is 6.42 Å². The highest BCUT2D eigenvalue weighted by Gasteiger charge is 2.30. The second-order valence-electron chi connectivity index (χ2n) is 6.11. The molecule has 0 bridgehead atoms. The van der Waals surface area contributed by atoms with Crippen molar-refractivity contribution in [1.82, 2.24) is 9.80 Å². The van der Waals surface area contributed by atoms with Crippen LogP contribution in [0.5, 0.6) is 0 Å². The lowest BCUT2D eigenvalue weighted by Crippen LogP contribution is -2.41. The van der Waals surface area contributed by atoms with Crippen molar-refractivity contribution in [2.75, 3.05) is 39.0 Å². The monoisotopic (exact) mass is 309 g/mol. The quantitative estimate of drug-likeness (QED) is 0.930. The van der Waals surface area contributed by atoms with E-state index in [1.54, 1.807) is 0 Å². The van der Waals surface area contributed by atoms with E-state index in [4.69, 9.17) is 0 Å². The Balaban J connectivity index is 0.00000161. The van der Waals surface area contributed by atoms with Gasteiger partial charge < -0.3 is 15.1 Å². The molecule has 1 saturated heterocycles. The van der Waals surface area contributed by atoms with E-state index in [0.717, 1.165) is 44.5 Å². The molecule has 1 fully saturated rings. The molecule has 0 aromatic heterocycles. The largest absolute Gasteiger partial charge is 0.384 e. The molecule has 3 rings (SSSR count). The predicted octanol–water partition coefficient (Wildman–Crippen LogP) is 2.24. The number of benzene rings is 1. The SMILES string of the molecule is CN(C)CC1CCCN1C(=O)c1ccc2c(c1)CCN2.Cl. The van der Waals surface area contributed by atoms with Gasteiger partial charge in [-0.1, -0.05) is 0 Å². The van der Waals surface area contributed by atoms with Crippen molar-refractivity contribution in [2.24, 2.45) is 0 Å². The van der Waals surface area contributed by atoms with Crippen LogP contribution in [0.3, 0.4) is 0 Å². The lowest BCUT2D eigenvalue weighted by Gasteiger charge is -2.27. The van der Waals surface area contributed by atoms with Gasteiger partial charge in [-0.25, -0.2) is 0 Å². The number of fused-ring (bicyclic) bond motifs is 1. The maximum atomic E-state index is 12.7. The first-order valence-corrected chi connectivity index (χ1v) is 7.47. The van der Waals surface area contributed by atoms with Crippen molar-refractivity contribution in [3.05, 3.63) is 29.3 Å². The van der Waals surface area contributed by atoms with Crippen LogP contribution in [0.2, 0.25) is 0 Å². The molecular weight excluding hydrogens is 286 g/mol. The van der Waals surface area contributed by atoms with E-state index in [2.05, 4.69) is 35.3 Å². The molecule has 2 aliphatic rings. The Morgan fingerprint density at radius 3 is 3.00 bits per heavy atom. The van der Waals surface area contributed by atoms with Gasteiger partial charge in [-0.05, 0) is 57.1 Å². The van der Waals surface area contributed by atoms with Crippen molar-refractivity contribution in [1.29, 1.82) is 0 Å². The van der Waals surface area contributed by atoms with Crippen molar-refractivity contribution >= 4 is 24.0 Å². The van der Waals surface area contributed by atoms with Gasteiger partial charge in [0.2, 0.25) is 0 Å². The van der Waals surface area contributed by atoms with E-state index in [1.165, 1.54) is 11.3 Å². The molecule has 1 aromatic carbocycles. The molecule has 0 radical (unpaired) electrons. The van der Waals surface area contributed by atoms with Crippen LogP contribution in [0.25, 0.3) is 0 Å². The van der Waals surface area contributed by atoms with Gasteiger partial charge in [0.25, 0.3) is 5.91 Å². The summed E-state index contributed by atoms with van der Waals surface area (Å²) in [5.41, 5.74) is 3.31. The second kappa shape index (κ2) is 6.67. The third-order valence-electron chi connectivity index (χ3n) is 4.28. The molecule has 0 spiro atoms. The Bertz CT molecular complexity index is 518. The Morgan fingerprint density at radius 2 is 2.24 bits per heavy atom. The Hall–Kier alpha value is -1.26. The number of likely N-dealkylation sites (tertiary alicyclic amines) is 1. The molecule has 1 aromatic rings. The Kier molecular flexibility index (Phi) is 5.12. The normalized spacial score (nSPS) is 20.1. The number of hydrogen-bond donors (Lipinski definition) is 1. The van der Waals surface area contributed by atoms with Crippen LogP contribution in [0.4, 0.5) is 5.69 Å². The van der Waals surface area contributed by atoms with Crippen LogP contribution in [0.1, 0.15) is 28.8 Å². The number of anilines is 1. The number of halogens is 1. The van der Waals surface area contributed by atoms with Crippen LogP contribution in [0.15, 0.2) is 18.2 Å². The van der Waals surface area contributed by atoms with E-state index in [1.807, 2.05) is 12.1 Å². The molecular formula is C16H24ClN3O. The first-order valence-electron chi connectivity index (χ1n) is 7.47. The van der Waals surface area contributed by atoms with Crippen LogP contribution < -0.4 is 5.32 Å². The van der Waals surface area contributed by atoms with E-state index >= 15 is 0 Å². The summed E-state index contributed by atoms with van der Waals surface area (Å²) in [5, 5.41) is 3.34. The van der Waals surface area contributed by atoms with Gasteiger partial charge in [0, 0.05) is 36.9 Å². The number of amides is 1. The Labute approximate surface area is 132 Å². The zero-order valence-corrected chi connectivity index (χ0v) is 13.6. The van der Waals surface area contributed by atoms with Crippen molar-refractivity contribution < 1.29 is 4.79 Å². The molecule has 0 aliphatic carbocycles. The third kappa shape index (κ3) is 3.33. The second-order valence-corrected chi connectivity index (χ2v) is 6.11. The highest BCUT2D eigenvalue weighted by atomic mass is 35.5. The number of likely N-dealkylation sites (N-methyl/N-ethyl adjacent to an activating group) is 1. The maximum absolute atomic E-state index is 12.7. The molecule has 4 nitrogen and oxygen atoms in total. The summed E-state index contributed by atoms with van der Waals surface area (Å²) in [6.45, 7) is 2.84. The average Bonchev–Trinajstić information content (AvgIpc) is 3.04. The number of hydrogen-bond acceptors (Lipinski definition) is 3. The van der Waals surface area contributed by atoms with E-state index < -0.39 is 0 Å². The first kappa shape index (κ1) is 16.1. The fourth-order valence-corrected chi connectivity index (χ4v) is 3.32. The first-order chi connectivity index (χ1) is 9.65. The predicted molar refractivity (Wildman–Crippen MR) is 88.5 cm³/mol. The summed E-state index contributed by atoms with van der Waals surface area (Å²) >= 11 is 0. The number of carbonyl (C=O) groups excluding carboxylic acids is 1. The van der Waals surface area contributed by atoms with Crippen molar-refractivity contribution in [3.8, 4) is 0 Å². The number of rotatable bonds is 3. The summed E-state index contributed by atoms with van der Waals surface area (Å²) in [6, 6.07) is 6.45. The molecule has 1 unspecified atom stereocenters. The lowest BCUT2D eigenvalue weighted by atomic mass is 10.1. The molecule has 1 N–H and O–H groups in total. The molecule has 2 heterocycles. The minimum Gasteiger partial charge on any atom is -0.384 e. The van der Waals surface area contributed by atoms with E-state index in [-0.39, 0.29) is 18.3 Å². The highest BCUT2D eigenvalue weighted by molar-refractivity contribution is 5.95. The standard InChI is InChI=1S/C16H23N3O.ClH/c1-18(2)11-14-4-3-9-19(14)16(20)13-5-6-15-12(10-13)7-8-17-15;/h5-6,10,14,17H,3-4,7-9,11H2,1-2H3;1H. The minimum absolute atomic E-state index is 0. The van der Waals surface area contributed by atoms with Crippen LogP contribution >= 0.6 is 12.4 Å². The summed E-state index contributed by atoms with van der Waals surface area (Å²) in [7, 11) is 4.14. The van der Waals surface area contributed by atoms with Crippen molar-refractivity contribution in [2.45, 2.75) is 25.3 Å². The lowest BCUT2D eigenvalue weighted by molar-refractivity contribution is 0.0716. The highest BCUT2D eigenvalue weighted by Crippen LogP contribution is 2.26. The van der Waals surface area contributed by atoms with Gasteiger partial charge in [0.05, 0.1) is 0 Å². The zero-order valence-electron chi connectivity index (χ0n) is 12.8. The van der Waals surface area contributed by atoms with Gasteiger partial charge in [0.1, 0.15) is 0 Å². The fourth-order valence-electron chi connectivity index (χ4n) is 3.32. The fraction of sp³-hybridized carbons (Fsp3) is 0.562. The molecule has 0 saturated carbocycles. The molecule has 1 atom stereocenters. The van der Waals surface area contributed by atoms with Crippen molar-refractivity contribution in [3.63, 3.8) is 0 Å². The average molecular weight is 310 g/mol. The summed E-state index contributed by atoms with van der Waals surface area (Å²) in [4.78, 5) is 17.0. The Morgan fingerprint density at radius 1 is 1.43 bits per heavy atom. The van der Waals surface area contributed by atoms with Crippen LogP contribution in [0, 0.1) is 0 Å². The summed E-state index contributed by atoms with van der Waals surface area (Å²) < 4.78 is 0. The van der Waals surface area contributed by atoms with Gasteiger partial charge in [-0.2, -0.15) is 0 Å². The number of nitrogens with one attached hydrogen (secondary N) is 1. The van der Waals surface area contributed by atoms with E-state index in [9.17, 15) is 4.79 Å². The minimum atomic E-state index is 0. The zero-order chi connectivity index (χ0) is 14.1. The molecule has 5 heteroatoms. The summed E-state index contributed by atoms with van der Waals surface area (Å²) in [5.74, 6) is 0.198. The third-order valence-corrected chi connectivity index (χ3v) is 4.28. The number of carbonyl (C=O) groups is 1. The molecule has 116 valence electrons. The van der Waals surface area contributed by atoms with Gasteiger partial charge in [-0.3, -0.25) is 4.79 Å². The molecule has 21 heavy (non-hydrogen) atoms. The smallest absolute Gasteiger partial charge is 0.254 e. The van der Waals surface area contributed by atoms with Gasteiger partial charge in [-0.15, -0.1) is 12.4 Å². The van der Waals surface area contributed by atoms with Gasteiger partial charge >= 0.3 is 0 Å². The van der Waals surface area contributed by atoms with E-state index in [0.29, 0.717) is 6.04 Å². The molecule has 1 amide bonds. The topological polar surface area (TPSA) is 35.6 Å². The summed E-state index contributed by atoms with van der Waals surface area (Å²) in [6.07, 6.45) is 3.27. The maximum Gasteiger partial charge on any atom is 0.254 e. The molecule has 2 aliphatic heterocycles. The van der Waals surface area contributed by atoms with Gasteiger partial charge in [0.15, 0.2) is 0 Å². The van der Waals surface area contributed by atoms with Crippen LogP contribution in [-0.4, -0.2) is 55.5 Å². The number of nitrogens with zero attached hydrogens (tertiary/aromatic N) is 2.